The standard InChI is InChI=1S/C26H48S/c1-3-5-7-9-11-13-15-17-19-21-25-23-24-26(27-25)22-20-18-16-14-12-10-8-6-4-2/h23-24H,3-22H2,1-2H3. The van der Waals surface area contributed by atoms with Crippen molar-refractivity contribution in [3.63, 3.8) is 0 Å². The van der Waals surface area contributed by atoms with Crippen molar-refractivity contribution in [3.8, 4) is 0 Å². The van der Waals surface area contributed by atoms with Gasteiger partial charge in [-0.15, -0.1) is 11.3 Å². The smallest absolute Gasteiger partial charge is 0.00481 e. The molecule has 0 nitrogen and oxygen atoms in total. The topological polar surface area (TPSA) is 0 Å². The van der Waals surface area contributed by atoms with Gasteiger partial charge < -0.3 is 0 Å². The highest BCUT2D eigenvalue weighted by Gasteiger charge is 2.01. The molecule has 0 aromatic carbocycles. The summed E-state index contributed by atoms with van der Waals surface area (Å²) in [6, 6.07) is 4.80. The molecule has 0 aliphatic heterocycles. The van der Waals surface area contributed by atoms with Crippen molar-refractivity contribution in [1.82, 2.24) is 0 Å². The van der Waals surface area contributed by atoms with Crippen molar-refractivity contribution in [1.29, 1.82) is 0 Å². The highest BCUT2D eigenvalue weighted by atomic mass is 32.1. The second-order valence-electron chi connectivity index (χ2n) is 8.52. The number of unbranched alkanes of at least 4 members (excludes halogenated alkanes) is 16. The first-order valence-electron chi connectivity index (χ1n) is 12.4. The van der Waals surface area contributed by atoms with Crippen LogP contribution < -0.4 is 0 Å². The Hall–Kier alpha value is -0.300. The Morgan fingerprint density at radius 1 is 0.444 bits per heavy atom. The Bertz CT molecular complexity index is 370. The van der Waals surface area contributed by atoms with E-state index in [4.69, 9.17) is 0 Å². The molecule has 1 aromatic heterocycles. The molecule has 1 heterocycles. The van der Waals surface area contributed by atoms with Crippen LogP contribution in [0.4, 0.5) is 0 Å². The molecule has 0 N–H and O–H groups in total. The van der Waals surface area contributed by atoms with Gasteiger partial charge in [0.25, 0.3) is 0 Å². The maximum absolute atomic E-state index is 2.40. The fraction of sp³-hybridized carbons (Fsp3) is 0.846. The molecular weight excluding hydrogens is 344 g/mol. The summed E-state index contributed by atoms with van der Waals surface area (Å²) in [5.41, 5.74) is 0. The molecule has 27 heavy (non-hydrogen) atoms. The third kappa shape index (κ3) is 15.3. The van der Waals surface area contributed by atoms with Crippen molar-refractivity contribution in [2.45, 2.75) is 142 Å². The third-order valence-corrected chi connectivity index (χ3v) is 6.98. The molecule has 0 fully saturated rings. The van der Waals surface area contributed by atoms with Crippen molar-refractivity contribution >= 4 is 11.3 Å². The summed E-state index contributed by atoms with van der Waals surface area (Å²) in [7, 11) is 0. The van der Waals surface area contributed by atoms with Gasteiger partial charge in [0.05, 0.1) is 0 Å². The number of hydrogen-bond donors (Lipinski definition) is 0. The maximum Gasteiger partial charge on any atom is 0.00481 e. The minimum atomic E-state index is 1.32. The van der Waals surface area contributed by atoms with Gasteiger partial charge in [0.15, 0.2) is 0 Å². The van der Waals surface area contributed by atoms with Crippen LogP contribution in [0.15, 0.2) is 12.1 Å². The van der Waals surface area contributed by atoms with Crippen molar-refractivity contribution < 1.29 is 0 Å². The van der Waals surface area contributed by atoms with E-state index in [0.717, 1.165) is 0 Å². The first-order chi connectivity index (χ1) is 13.4. The summed E-state index contributed by atoms with van der Waals surface area (Å²) in [4.78, 5) is 3.26. The Balaban J connectivity index is 1.90. The van der Waals surface area contributed by atoms with E-state index in [1.54, 1.807) is 9.75 Å². The lowest BCUT2D eigenvalue weighted by Gasteiger charge is -2.02. The van der Waals surface area contributed by atoms with E-state index in [2.05, 4.69) is 37.3 Å². The highest BCUT2D eigenvalue weighted by Crippen LogP contribution is 2.22. The number of rotatable bonds is 20. The molecule has 0 bridgehead atoms. The fourth-order valence-electron chi connectivity index (χ4n) is 3.91. The fourth-order valence-corrected chi connectivity index (χ4v) is 5.01. The van der Waals surface area contributed by atoms with Crippen LogP contribution >= 0.6 is 11.3 Å². The lowest BCUT2D eigenvalue weighted by Crippen LogP contribution is -1.84. The van der Waals surface area contributed by atoms with Gasteiger partial charge in [0.2, 0.25) is 0 Å². The molecule has 0 saturated carbocycles. The van der Waals surface area contributed by atoms with Crippen LogP contribution in [-0.4, -0.2) is 0 Å². The highest BCUT2D eigenvalue weighted by molar-refractivity contribution is 7.11. The van der Waals surface area contributed by atoms with E-state index in [-0.39, 0.29) is 0 Å². The van der Waals surface area contributed by atoms with E-state index in [1.807, 2.05) is 0 Å². The largest absolute Gasteiger partial charge is 0.145 e. The lowest BCUT2D eigenvalue weighted by atomic mass is 10.1. The molecule has 0 radical (unpaired) electrons. The summed E-state index contributed by atoms with van der Waals surface area (Å²) in [5.74, 6) is 0. The van der Waals surface area contributed by atoms with Crippen LogP contribution in [0.5, 0.6) is 0 Å². The van der Waals surface area contributed by atoms with E-state index in [0.29, 0.717) is 0 Å². The monoisotopic (exact) mass is 392 g/mol. The zero-order valence-corrected chi connectivity index (χ0v) is 19.5. The van der Waals surface area contributed by atoms with Crippen LogP contribution in [0.25, 0.3) is 0 Å². The quantitative estimate of drug-likeness (QED) is 0.194. The van der Waals surface area contributed by atoms with Gasteiger partial charge in [-0.2, -0.15) is 0 Å². The molecule has 0 atom stereocenters. The summed E-state index contributed by atoms with van der Waals surface area (Å²) in [6.07, 6.45) is 28.4. The zero-order valence-electron chi connectivity index (χ0n) is 18.7. The van der Waals surface area contributed by atoms with Gasteiger partial charge in [0, 0.05) is 9.75 Å². The normalized spacial score (nSPS) is 11.3. The van der Waals surface area contributed by atoms with E-state index >= 15 is 0 Å². The van der Waals surface area contributed by atoms with Gasteiger partial charge >= 0.3 is 0 Å². The summed E-state index contributed by atoms with van der Waals surface area (Å²) >= 11 is 2.09. The Kier molecular flexibility index (Phi) is 17.4. The molecule has 0 saturated heterocycles. The van der Waals surface area contributed by atoms with Gasteiger partial charge in [-0.25, -0.2) is 0 Å². The lowest BCUT2D eigenvalue weighted by molar-refractivity contribution is 0.565. The first kappa shape index (κ1) is 24.7. The van der Waals surface area contributed by atoms with Crippen LogP contribution in [-0.2, 0) is 12.8 Å². The SMILES string of the molecule is CCCCCCCCCCCc1ccc(CCCCCCCCCCC)s1. The molecule has 158 valence electrons. The first-order valence-corrected chi connectivity index (χ1v) is 13.3. The van der Waals surface area contributed by atoms with Crippen molar-refractivity contribution in [3.05, 3.63) is 21.9 Å². The van der Waals surface area contributed by atoms with Crippen molar-refractivity contribution in [2.75, 3.05) is 0 Å². The zero-order chi connectivity index (χ0) is 19.4. The molecule has 0 aliphatic carbocycles. The number of aryl methyl sites for hydroxylation is 2. The summed E-state index contributed by atoms with van der Waals surface area (Å²) in [5, 5.41) is 0. The van der Waals surface area contributed by atoms with Gasteiger partial charge in [0.1, 0.15) is 0 Å². The molecule has 1 rings (SSSR count). The molecule has 0 spiro atoms. The Morgan fingerprint density at radius 3 is 1.07 bits per heavy atom. The van der Waals surface area contributed by atoms with E-state index in [1.165, 1.54) is 128 Å². The van der Waals surface area contributed by atoms with Crippen LogP contribution in [0, 0.1) is 0 Å². The molecular formula is C26H48S. The summed E-state index contributed by atoms with van der Waals surface area (Å²) in [6.45, 7) is 4.60. The van der Waals surface area contributed by atoms with Gasteiger partial charge in [-0.1, -0.05) is 117 Å². The second-order valence-corrected chi connectivity index (χ2v) is 9.78. The second kappa shape index (κ2) is 19.0. The minimum Gasteiger partial charge on any atom is -0.145 e. The molecule has 0 aliphatic rings. The number of hydrogen-bond acceptors (Lipinski definition) is 1. The third-order valence-electron chi connectivity index (χ3n) is 5.77. The Labute approximate surface area is 175 Å². The van der Waals surface area contributed by atoms with Gasteiger partial charge in [-0.3, -0.25) is 0 Å². The van der Waals surface area contributed by atoms with Crippen LogP contribution in [0.2, 0.25) is 0 Å². The van der Waals surface area contributed by atoms with Crippen molar-refractivity contribution in [2.24, 2.45) is 0 Å². The number of thiophene rings is 1. The Morgan fingerprint density at radius 2 is 0.741 bits per heavy atom. The van der Waals surface area contributed by atoms with E-state index < -0.39 is 0 Å². The minimum absolute atomic E-state index is 1.32. The molecule has 0 amide bonds. The molecule has 0 unspecified atom stereocenters. The molecule has 1 heteroatoms. The average Bonchev–Trinajstić information content (AvgIpc) is 3.13. The van der Waals surface area contributed by atoms with Gasteiger partial charge in [-0.05, 0) is 37.8 Å². The average molecular weight is 393 g/mol. The summed E-state index contributed by atoms with van der Waals surface area (Å²) < 4.78 is 0. The maximum atomic E-state index is 2.40. The van der Waals surface area contributed by atoms with Crippen LogP contribution in [0.3, 0.4) is 0 Å². The predicted octanol–water partition coefficient (Wildman–Crippen LogP) is 9.89. The predicted molar refractivity (Wildman–Crippen MR) is 126 cm³/mol. The van der Waals surface area contributed by atoms with E-state index in [9.17, 15) is 0 Å². The molecule has 1 aromatic rings. The van der Waals surface area contributed by atoms with Crippen LogP contribution in [0.1, 0.15) is 139 Å².